The number of rotatable bonds is 5. The summed E-state index contributed by atoms with van der Waals surface area (Å²) in [5.74, 6) is -0.120. The first-order valence-electron chi connectivity index (χ1n) is 5.79. The number of hydrogen-bond donors (Lipinski definition) is 2. The Balaban J connectivity index is 2.27. The first-order chi connectivity index (χ1) is 8.61. The molecule has 0 radical (unpaired) electrons. The zero-order valence-electron chi connectivity index (χ0n) is 10.6. The van der Waals surface area contributed by atoms with Gasteiger partial charge in [0.25, 0.3) is 0 Å². The summed E-state index contributed by atoms with van der Waals surface area (Å²) in [6, 6.07) is 9.15. The molecule has 0 aliphatic carbocycles. The van der Waals surface area contributed by atoms with Crippen LogP contribution in [0.3, 0.4) is 0 Å². The summed E-state index contributed by atoms with van der Waals surface area (Å²) in [7, 11) is 1.56. The molecule has 0 aromatic heterocycles. The van der Waals surface area contributed by atoms with E-state index in [2.05, 4.69) is 10.6 Å². The molecule has 0 saturated heterocycles. The van der Waals surface area contributed by atoms with E-state index in [0.717, 1.165) is 5.56 Å². The number of benzene rings is 1. The van der Waals surface area contributed by atoms with Crippen molar-refractivity contribution < 1.29 is 14.3 Å². The van der Waals surface area contributed by atoms with Gasteiger partial charge < -0.3 is 15.4 Å². The highest BCUT2D eigenvalue weighted by Gasteiger charge is 2.11. The van der Waals surface area contributed by atoms with Crippen LogP contribution in [-0.4, -0.2) is 25.1 Å². The number of ether oxygens (including phenoxy) is 1. The molecule has 1 rings (SSSR count). The minimum Gasteiger partial charge on any atom is -0.445 e. The van der Waals surface area contributed by atoms with Gasteiger partial charge in [-0.05, 0) is 12.5 Å². The zero-order chi connectivity index (χ0) is 13.4. The predicted octanol–water partition coefficient (Wildman–Crippen LogP) is 1.44. The fraction of sp³-hybridized carbons (Fsp3) is 0.385. The molecule has 0 aliphatic heterocycles. The number of hydrogen-bond acceptors (Lipinski definition) is 3. The van der Waals surface area contributed by atoms with Crippen molar-refractivity contribution in [1.29, 1.82) is 0 Å². The van der Waals surface area contributed by atoms with Crippen molar-refractivity contribution in [1.82, 2.24) is 10.6 Å². The van der Waals surface area contributed by atoms with Gasteiger partial charge in [0.1, 0.15) is 6.61 Å². The molecule has 1 aromatic carbocycles. The van der Waals surface area contributed by atoms with Crippen molar-refractivity contribution in [3.8, 4) is 0 Å². The van der Waals surface area contributed by atoms with Gasteiger partial charge in [-0.1, -0.05) is 30.3 Å². The standard InChI is InChI=1S/C13H18N2O3/c1-10(8-12(16)14-2)15-13(17)18-9-11-6-4-3-5-7-11/h3-7,10H,8-9H2,1-2H3,(H,14,16)(H,15,17). The van der Waals surface area contributed by atoms with Crippen molar-refractivity contribution in [2.45, 2.75) is 26.0 Å². The van der Waals surface area contributed by atoms with Gasteiger partial charge >= 0.3 is 6.09 Å². The molecular formula is C13H18N2O3. The van der Waals surface area contributed by atoms with Gasteiger partial charge in [-0.25, -0.2) is 4.79 Å². The first-order valence-corrected chi connectivity index (χ1v) is 5.79. The van der Waals surface area contributed by atoms with Crippen molar-refractivity contribution in [3.63, 3.8) is 0 Å². The van der Waals surface area contributed by atoms with Crippen LogP contribution in [0.1, 0.15) is 18.9 Å². The molecule has 1 aromatic rings. The minimum absolute atomic E-state index is 0.120. The topological polar surface area (TPSA) is 67.4 Å². The Hall–Kier alpha value is -2.04. The van der Waals surface area contributed by atoms with Crippen LogP contribution in [-0.2, 0) is 16.1 Å². The van der Waals surface area contributed by atoms with Gasteiger partial charge in [0, 0.05) is 19.5 Å². The van der Waals surface area contributed by atoms with Gasteiger partial charge in [-0.3, -0.25) is 4.79 Å². The van der Waals surface area contributed by atoms with Crippen LogP contribution < -0.4 is 10.6 Å². The van der Waals surface area contributed by atoms with Crippen LogP contribution in [0.5, 0.6) is 0 Å². The normalized spacial score (nSPS) is 11.4. The fourth-order valence-corrected chi connectivity index (χ4v) is 1.40. The van der Waals surface area contributed by atoms with Crippen molar-refractivity contribution in [3.05, 3.63) is 35.9 Å². The Morgan fingerprint density at radius 3 is 2.56 bits per heavy atom. The molecule has 5 heteroatoms. The van der Waals surface area contributed by atoms with E-state index in [1.165, 1.54) is 0 Å². The summed E-state index contributed by atoms with van der Waals surface area (Å²) < 4.78 is 5.03. The number of carbonyl (C=O) groups is 2. The molecule has 0 spiro atoms. The number of amides is 2. The van der Waals surface area contributed by atoms with Gasteiger partial charge in [0.05, 0.1) is 0 Å². The SMILES string of the molecule is CNC(=O)CC(C)NC(=O)OCc1ccccc1. The molecular weight excluding hydrogens is 232 g/mol. The van der Waals surface area contributed by atoms with Gasteiger partial charge in [-0.2, -0.15) is 0 Å². The van der Waals surface area contributed by atoms with E-state index >= 15 is 0 Å². The molecule has 0 fully saturated rings. The molecule has 0 saturated carbocycles. The summed E-state index contributed by atoms with van der Waals surface area (Å²) in [5, 5.41) is 5.09. The fourth-order valence-electron chi connectivity index (χ4n) is 1.40. The summed E-state index contributed by atoms with van der Waals surface area (Å²) in [4.78, 5) is 22.5. The maximum absolute atomic E-state index is 11.4. The van der Waals surface area contributed by atoms with Crippen molar-refractivity contribution in [2.75, 3.05) is 7.05 Å². The van der Waals surface area contributed by atoms with Gasteiger partial charge in [0.15, 0.2) is 0 Å². The average Bonchev–Trinajstić information content (AvgIpc) is 2.37. The Kier molecular flexibility index (Phi) is 5.70. The van der Waals surface area contributed by atoms with Crippen molar-refractivity contribution >= 4 is 12.0 Å². The summed E-state index contributed by atoms with van der Waals surface area (Å²) in [5.41, 5.74) is 0.923. The molecule has 1 unspecified atom stereocenters. The lowest BCUT2D eigenvalue weighted by atomic mass is 10.2. The van der Waals surface area contributed by atoms with E-state index in [0.29, 0.717) is 0 Å². The van der Waals surface area contributed by atoms with E-state index in [4.69, 9.17) is 4.74 Å². The van der Waals surface area contributed by atoms with E-state index in [9.17, 15) is 9.59 Å². The second kappa shape index (κ2) is 7.32. The molecule has 18 heavy (non-hydrogen) atoms. The Morgan fingerprint density at radius 1 is 1.28 bits per heavy atom. The molecule has 0 bridgehead atoms. The predicted molar refractivity (Wildman–Crippen MR) is 67.9 cm³/mol. The average molecular weight is 250 g/mol. The molecule has 2 N–H and O–H groups in total. The second-order valence-corrected chi connectivity index (χ2v) is 3.98. The number of alkyl carbamates (subject to hydrolysis) is 1. The maximum atomic E-state index is 11.4. The molecule has 98 valence electrons. The second-order valence-electron chi connectivity index (χ2n) is 3.98. The Morgan fingerprint density at radius 2 is 1.94 bits per heavy atom. The van der Waals surface area contributed by atoms with Crippen LogP contribution in [0, 0.1) is 0 Å². The Bertz CT molecular complexity index is 392. The lowest BCUT2D eigenvalue weighted by molar-refractivity contribution is -0.120. The van der Waals surface area contributed by atoms with Crippen molar-refractivity contribution in [2.24, 2.45) is 0 Å². The highest BCUT2D eigenvalue weighted by molar-refractivity contribution is 5.77. The zero-order valence-corrected chi connectivity index (χ0v) is 10.6. The molecule has 0 heterocycles. The number of nitrogens with one attached hydrogen (secondary N) is 2. The summed E-state index contributed by atoms with van der Waals surface area (Å²) in [6.07, 6.45) is -0.285. The third-order valence-electron chi connectivity index (χ3n) is 2.35. The quantitative estimate of drug-likeness (QED) is 0.831. The summed E-state index contributed by atoms with van der Waals surface area (Å²) >= 11 is 0. The van der Waals surface area contributed by atoms with Crippen LogP contribution in [0.15, 0.2) is 30.3 Å². The molecule has 0 aliphatic rings. The highest BCUT2D eigenvalue weighted by atomic mass is 16.5. The highest BCUT2D eigenvalue weighted by Crippen LogP contribution is 2.01. The van der Waals surface area contributed by atoms with Gasteiger partial charge in [-0.15, -0.1) is 0 Å². The lowest BCUT2D eigenvalue weighted by Gasteiger charge is -2.13. The Labute approximate surface area is 107 Å². The molecule has 1 atom stereocenters. The van der Waals surface area contributed by atoms with Crippen LogP contribution in [0.2, 0.25) is 0 Å². The van der Waals surface area contributed by atoms with E-state index in [1.807, 2.05) is 30.3 Å². The first kappa shape index (κ1) is 14.0. The third-order valence-corrected chi connectivity index (χ3v) is 2.35. The molecule has 5 nitrogen and oxygen atoms in total. The summed E-state index contributed by atoms with van der Waals surface area (Å²) in [6.45, 7) is 1.97. The lowest BCUT2D eigenvalue weighted by Crippen LogP contribution is -2.36. The van der Waals surface area contributed by atoms with Crippen LogP contribution in [0.4, 0.5) is 4.79 Å². The van der Waals surface area contributed by atoms with E-state index in [-0.39, 0.29) is 25.0 Å². The largest absolute Gasteiger partial charge is 0.445 e. The third kappa shape index (κ3) is 5.34. The van der Waals surface area contributed by atoms with Gasteiger partial charge in [0.2, 0.25) is 5.91 Å². The van der Waals surface area contributed by atoms with Crippen LogP contribution >= 0.6 is 0 Å². The monoisotopic (exact) mass is 250 g/mol. The van der Waals surface area contributed by atoms with E-state index < -0.39 is 6.09 Å². The smallest absolute Gasteiger partial charge is 0.407 e. The van der Waals surface area contributed by atoms with E-state index in [1.54, 1.807) is 14.0 Å². The van der Waals surface area contributed by atoms with Crippen LogP contribution in [0.25, 0.3) is 0 Å². The number of carbonyl (C=O) groups excluding carboxylic acids is 2. The maximum Gasteiger partial charge on any atom is 0.407 e. The molecule has 2 amide bonds. The minimum atomic E-state index is -0.518.